The molecule has 0 heterocycles. The maximum Gasteiger partial charge on any atom is 0.0785 e. The fourth-order valence-corrected chi connectivity index (χ4v) is 1.27. The molecule has 1 heteroatoms. The molecule has 1 nitrogen and oxygen atoms in total. The third-order valence-electron chi connectivity index (χ3n) is 2.22. The quantitative estimate of drug-likeness (QED) is 0.585. The molecule has 0 aliphatic rings. The van der Waals surface area contributed by atoms with Crippen molar-refractivity contribution in [1.29, 1.82) is 5.26 Å². The minimum absolute atomic E-state index is 0.277. The van der Waals surface area contributed by atoms with Crippen molar-refractivity contribution in [1.82, 2.24) is 0 Å². The second-order valence-electron chi connectivity index (χ2n) is 3.21. The van der Waals surface area contributed by atoms with Crippen LogP contribution in [0.25, 0.3) is 0 Å². The molecule has 72 valence electrons. The lowest BCUT2D eigenvalue weighted by atomic mass is 9.83. The van der Waals surface area contributed by atoms with Crippen molar-refractivity contribution < 1.29 is 0 Å². The van der Waals surface area contributed by atoms with Crippen molar-refractivity contribution in [2.24, 2.45) is 5.41 Å². The minimum Gasteiger partial charge on any atom is -0.197 e. The maximum atomic E-state index is 9.07. The van der Waals surface area contributed by atoms with Crippen LogP contribution in [0.2, 0.25) is 0 Å². The van der Waals surface area contributed by atoms with E-state index < -0.39 is 0 Å². The molecule has 0 spiro atoms. The van der Waals surface area contributed by atoms with Gasteiger partial charge in [-0.15, -0.1) is 0 Å². The topological polar surface area (TPSA) is 23.8 Å². The van der Waals surface area contributed by atoms with Gasteiger partial charge in [-0.3, -0.25) is 0 Å². The third kappa shape index (κ3) is 3.94. The standard InChI is InChI=1S/C12H19N/c1-4-7-8-10-12(6-3,11-13)9-5-2/h5,7-9H,4,6,10H2,1-3H3/b8-7+,9-5-. The highest BCUT2D eigenvalue weighted by Gasteiger charge is 2.21. The van der Waals surface area contributed by atoms with Crippen molar-refractivity contribution in [2.75, 3.05) is 0 Å². The highest BCUT2D eigenvalue weighted by molar-refractivity contribution is 5.14. The van der Waals surface area contributed by atoms with Crippen LogP contribution in [0.1, 0.15) is 40.0 Å². The molecule has 0 amide bonds. The van der Waals surface area contributed by atoms with Gasteiger partial charge in [0, 0.05) is 0 Å². The summed E-state index contributed by atoms with van der Waals surface area (Å²) < 4.78 is 0. The van der Waals surface area contributed by atoms with Crippen LogP contribution in [0.5, 0.6) is 0 Å². The van der Waals surface area contributed by atoms with Crippen LogP contribution in [0.4, 0.5) is 0 Å². The molecule has 0 aromatic heterocycles. The summed E-state index contributed by atoms with van der Waals surface area (Å²) in [5.41, 5.74) is -0.277. The van der Waals surface area contributed by atoms with Crippen molar-refractivity contribution in [3.05, 3.63) is 24.3 Å². The number of allylic oxidation sites excluding steroid dienone is 4. The number of nitriles is 1. The van der Waals surface area contributed by atoms with Gasteiger partial charge in [0.25, 0.3) is 0 Å². The average molecular weight is 177 g/mol. The Morgan fingerprint density at radius 1 is 1.31 bits per heavy atom. The van der Waals surface area contributed by atoms with Crippen LogP contribution < -0.4 is 0 Å². The molecule has 0 radical (unpaired) electrons. The molecule has 0 aliphatic carbocycles. The lowest BCUT2D eigenvalue weighted by Gasteiger charge is -2.18. The third-order valence-corrected chi connectivity index (χ3v) is 2.22. The summed E-state index contributed by atoms with van der Waals surface area (Å²) in [4.78, 5) is 0. The Balaban J connectivity index is 4.41. The van der Waals surface area contributed by atoms with E-state index in [1.807, 2.05) is 19.1 Å². The van der Waals surface area contributed by atoms with Gasteiger partial charge in [0.15, 0.2) is 0 Å². The molecule has 13 heavy (non-hydrogen) atoms. The number of hydrogen-bond acceptors (Lipinski definition) is 1. The predicted octanol–water partition coefficient (Wildman–Crippen LogP) is 3.84. The van der Waals surface area contributed by atoms with Gasteiger partial charge in [0.1, 0.15) is 0 Å². The summed E-state index contributed by atoms with van der Waals surface area (Å²) >= 11 is 0. The summed E-state index contributed by atoms with van der Waals surface area (Å²) in [6.45, 7) is 6.13. The van der Waals surface area contributed by atoms with Gasteiger partial charge in [-0.1, -0.05) is 38.2 Å². The van der Waals surface area contributed by atoms with E-state index in [-0.39, 0.29) is 5.41 Å². The van der Waals surface area contributed by atoms with E-state index >= 15 is 0 Å². The van der Waals surface area contributed by atoms with Crippen LogP contribution in [0.15, 0.2) is 24.3 Å². The molecular formula is C12H19N. The van der Waals surface area contributed by atoms with E-state index in [9.17, 15) is 0 Å². The Labute approximate surface area is 81.8 Å². The van der Waals surface area contributed by atoms with Crippen LogP contribution in [-0.4, -0.2) is 0 Å². The first-order valence-electron chi connectivity index (χ1n) is 4.94. The Morgan fingerprint density at radius 2 is 2.00 bits per heavy atom. The number of rotatable bonds is 5. The van der Waals surface area contributed by atoms with Gasteiger partial charge in [-0.2, -0.15) is 5.26 Å². The van der Waals surface area contributed by atoms with E-state index in [0.717, 1.165) is 19.3 Å². The molecule has 0 N–H and O–H groups in total. The van der Waals surface area contributed by atoms with Crippen LogP contribution in [-0.2, 0) is 0 Å². The summed E-state index contributed by atoms with van der Waals surface area (Å²) in [7, 11) is 0. The SMILES string of the molecule is C/C=C\C(C#N)(CC)C/C=C/CC. The van der Waals surface area contributed by atoms with Crippen molar-refractivity contribution in [3.8, 4) is 6.07 Å². The van der Waals surface area contributed by atoms with Gasteiger partial charge >= 0.3 is 0 Å². The maximum absolute atomic E-state index is 9.07. The molecule has 0 saturated carbocycles. The Kier molecular flexibility index (Phi) is 5.97. The van der Waals surface area contributed by atoms with Gasteiger partial charge in [0.2, 0.25) is 0 Å². The smallest absolute Gasteiger partial charge is 0.0785 e. The summed E-state index contributed by atoms with van der Waals surface area (Å²) in [5.74, 6) is 0. The second kappa shape index (κ2) is 6.48. The fourth-order valence-electron chi connectivity index (χ4n) is 1.27. The van der Waals surface area contributed by atoms with Crippen molar-refractivity contribution >= 4 is 0 Å². The molecule has 0 rings (SSSR count). The van der Waals surface area contributed by atoms with Crippen molar-refractivity contribution in [3.63, 3.8) is 0 Å². The second-order valence-corrected chi connectivity index (χ2v) is 3.21. The van der Waals surface area contributed by atoms with Crippen molar-refractivity contribution in [2.45, 2.75) is 40.0 Å². The molecular weight excluding hydrogens is 158 g/mol. The van der Waals surface area contributed by atoms with Gasteiger partial charge in [0.05, 0.1) is 11.5 Å². The first-order valence-corrected chi connectivity index (χ1v) is 4.94. The van der Waals surface area contributed by atoms with E-state index in [2.05, 4.69) is 32.1 Å². The Bertz CT molecular complexity index is 220. The molecule has 0 aromatic rings. The molecule has 0 bridgehead atoms. The molecule has 0 aromatic carbocycles. The molecule has 0 aliphatic heterocycles. The minimum atomic E-state index is -0.277. The van der Waals surface area contributed by atoms with Gasteiger partial charge in [-0.05, 0) is 26.2 Å². The number of nitrogens with zero attached hydrogens (tertiary/aromatic N) is 1. The summed E-state index contributed by atoms with van der Waals surface area (Å²) in [6.07, 6.45) is 10.9. The lowest BCUT2D eigenvalue weighted by Crippen LogP contribution is -2.12. The summed E-state index contributed by atoms with van der Waals surface area (Å²) in [6, 6.07) is 2.39. The fraction of sp³-hybridized carbons (Fsp3) is 0.583. The number of hydrogen-bond donors (Lipinski definition) is 0. The predicted molar refractivity (Wildman–Crippen MR) is 57.2 cm³/mol. The van der Waals surface area contributed by atoms with Gasteiger partial charge < -0.3 is 0 Å². The van der Waals surface area contributed by atoms with Crippen LogP contribution in [0, 0.1) is 16.7 Å². The lowest BCUT2D eigenvalue weighted by molar-refractivity contribution is 0.494. The first-order chi connectivity index (χ1) is 6.24. The largest absolute Gasteiger partial charge is 0.197 e. The molecule has 0 fully saturated rings. The zero-order chi connectivity index (χ0) is 10.2. The van der Waals surface area contributed by atoms with Crippen LogP contribution in [0.3, 0.4) is 0 Å². The summed E-state index contributed by atoms with van der Waals surface area (Å²) in [5, 5.41) is 9.07. The van der Waals surface area contributed by atoms with E-state index in [0.29, 0.717) is 0 Å². The molecule has 0 saturated heterocycles. The Hall–Kier alpha value is -1.03. The zero-order valence-electron chi connectivity index (χ0n) is 8.88. The molecule has 1 unspecified atom stereocenters. The molecule has 1 atom stereocenters. The highest BCUT2D eigenvalue weighted by Crippen LogP contribution is 2.27. The first kappa shape index (κ1) is 12.0. The van der Waals surface area contributed by atoms with E-state index in [4.69, 9.17) is 5.26 Å². The normalized spacial score (nSPS) is 16.2. The van der Waals surface area contributed by atoms with E-state index in [1.54, 1.807) is 0 Å². The van der Waals surface area contributed by atoms with Crippen LogP contribution >= 0.6 is 0 Å². The monoisotopic (exact) mass is 177 g/mol. The van der Waals surface area contributed by atoms with Gasteiger partial charge in [-0.25, -0.2) is 0 Å². The van der Waals surface area contributed by atoms with E-state index in [1.165, 1.54) is 0 Å². The highest BCUT2D eigenvalue weighted by atomic mass is 14.3. The zero-order valence-corrected chi connectivity index (χ0v) is 8.88. The average Bonchev–Trinajstić information content (AvgIpc) is 2.17. The Morgan fingerprint density at radius 3 is 2.38 bits per heavy atom.